The van der Waals surface area contributed by atoms with Crippen molar-refractivity contribution in [2.45, 2.75) is 217 Å². The van der Waals surface area contributed by atoms with Crippen molar-refractivity contribution in [3.63, 3.8) is 0 Å². The number of nitrogens with two attached hydrogens (primary N) is 3. The van der Waals surface area contributed by atoms with Gasteiger partial charge in [-0.2, -0.15) is 0 Å². The number of carboxylic acid groups (broad SMARTS) is 2. The first-order chi connectivity index (χ1) is 53.0. The number of nitrogens with one attached hydrogen (secondary N) is 14. The van der Waals surface area contributed by atoms with Crippen molar-refractivity contribution in [3.05, 3.63) is 71.9 Å². The topological polar surface area (TPSA) is 628 Å². The highest BCUT2D eigenvalue weighted by atomic mass is 16.4. The summed E-state index contributed by atoms with van der Waals surface area (Å²) in [4.78, 5) is 207. The summed E-state index contributed by atoms with van der Waals surface area (Å²) < 4.78 is 0. The number of hydrogen-bond donors (Lipinski definition) is 23. The van der Waals surface area contributed by atoms with Crippen LogP contribution in [0.2, 0.25) is 0 Å². The van der Waals surface area contributed by atoms with E-state index in [2.05, 4.69) is 87.9 Å². The molecule has 0 bridgehead atoms. The number of aromatic amines is 1. The van der Waals surface area contributed by atoms with E-state index < -0.39 is 224 Å². The van der Waals surface area contributed by atoms with Crippen molar-refractivity contribution in [2.75, 3.05) is 46.0 Å². The fourth-order valence-corrected chi connectivity index (χ4v) is 11.7. The number of fused-ring (bicyclic) bond motifs is 1. The Morgan fingerprint density at radius 2 is 0.786 bits per heavy atom. The maximum Gasteiger partial charge on any atom is 0.328 e. The van der Waals surface area contributed by atoms with Crippen LogP contribution in [-0.2, 0) is 84.8 Å². The van der Waals surface area contributed by atoms with E-state index in [0.717, 1.165) is 25.7 Å². The third-order valence-electron chi connectivity index (χ3n) is 18.1. The van der Waals surface area contributed by atoms with Gasteiger partial charge in [0.05, 0.1) is 38.9 Å². The molecular formula is C74H117N17O21. The maximum absolute atomic E-state index is 14.5. The molecule has 112 heavy (non-hydrogen) atoms. The van der Waals surface area contributed by atoms with Crippen molar-refractivity contribution in [1.82, 2.24) is 74.1 Å². The van der Waals surface area contributed by atoms with Crippen LogP contribution >= 0.6 is 0 Å². The van der Waals surface area contributed by atoms with Gasteiger partial charge >= 0.3 is 11.9 Å². The highest BCUT2D eigenvalue weighted by molar-refractivity contribution is 6.00. The number of H-pyrrole nitrogens is 1. The number of aliphatic carboxylic acids is 2. The zero-order valence-corrected chi connectivity index (χ0v) is 64.8. The number of benzene rings is 2. The molecule has 1 heterocycles. The third kappa shape index (κ3) is 33.4. The Hall–Kier alpha value is -10.2. The van der Waals surface area contributed by atoms with Crippen molar-refractivity contribution in [2.24, 2.45) is 40.9 Å². The van der Waals surface area contributed by atoms with Gasteiger partial charge in [-0.15, -0.1) is 0 Å². The van der Waals surface area contributed by atoms with Gasteiger partial charge in [-0.3, -0.25) is 67.1 Å². The van der Waals surface area contributed by atoms with Crippen molar-refractivity contribution in [3.8, 4) is 0 Å². The minimum Gasteiger partial charge on any atom is -0.481 e. The van der Waals surface area contributed by atoms with Crippen LogP contribution in [0.4, 0.5) is 0 Å². The molecule has 13 amide bonds. The van der Waals surface area contributed by atoms with Gasteiger partial charge in [-0.1, -0.05) is 130 Å². The van der Waals surface area contributed by atoms with E-state index in [0.29, 0.717) is 34.4 Å². The quantitative estimate of drug-likeness (QED) is 0.0236. The first-order valence-electron chi connectivity index (χ1n) is 37.6. The second-order valence-corrected chi connectivity index (χ2v) is 28.8. The molecule has 0 saturated carbocycles. The zero-order valence-electron chi connectivity index (χ0n) is 64.8. The number of carbonyl (C=O) groups is 15. The van der Waals surface area contributed by atoms with Gasteiger partial charge in [0.1, 0.15) is 72.5 Å². The summed E-state index contributed by atoms with van der Waals surface area (Å²) in [5, 5.41) is 92.4. The molecule has 0 aliphatic rings. The van der Waals surface area contributed by atoms with Crippen LogP contribution in [-0.4, -0.2) is 249 Å². The number of para-hydroxylation sites is 1. The summed E-state index contributed by atoms with van der Waals surface area (Å²) in [5.74, 6) is -17.1. The van der Waals surface area contributed by atoms with Crippen LogP contribution in [0.1, 0.15) is 137 Å². The van der Waals surface area contributed by atoms with Gasteiger partial charge in [0.2, 0.25) is 76.8 Å². The lowest BCUT2D eigenvalue weighted by atomic mass is 9.98. The van der Waals surface area contributed by atoms with E-state index >= 15 is 0 Å². The molecule has 2 aromatic carbocycles. The summed E-state index contributed by atoms with van der Waals surface area (Å²) in [5.41, 5.74) is 19.1. The minimum absolute atomic E-state index is 0.110. The molecule has 0 radical (unpaired) electrons. The highest BCUT2D eigenvalue weighted by Crippen LogP contribution is 2.21. The second kappa shape index (κ2) is 49.9. The SMILES string of the molecule is CC(C)CCCCCC(O)CC(=O)N[C@@H](C(=O)N[C@H](CCN)C(=O)NCC(=O)N[C@H](CO)C(=O)N[C@H](Cc1c[nH]c2ccccc12)C(=O)N[C@@H](CO)C(=O)N[C@@H](CCN)C(=O)N[C@H](CCN)C(=O)N[C@@H](Cc1ccccc1)C(=O)N[C@@H](CCC(=O)O)C(=O)N[C@H](C(=O)N[C@@H](C(=O)N[C@@H](CO)C(=O)O)C(C)C)C(C)C)C(C)C. The van der Waals surface area contributed by atoms with E-state index in [1.54, 1.807) is 68.4 Å². The lowest BCUT2D eigenvalue weighted by Gasteiger charge is -2.29. The van der Waals surface area contributed by atoms with E-state index in [1.165, 1.54) is 33.9 Å². The molecule has 38 heteroatoms. The van der Waals surface area contributed by atoms with Crippen LogP contribution in [0.5, 0.6) is 0 Å². The first kappa shape index (κ1) is 96.0. The Labute approximate surface area is 650 Å². The fraction of sp³-hybridized carbons (Fsp3) is 0.608. The average Bonchev–Trinajstić information content (AvgIpc) is 1.67. The lowest BCUT2D eigenvalue weighted by molar-refractivity contribution is -0.144. The summed E-state index contributed by atoms with van der Waals surface area (Å²) in [6, 6.07) is -3.95. The van der Waals surface area contributed by atoms with Gasteiger partial charge < -0.3 is 122 Å². The van der Waals surface area contributed by atoms with Gasteiger partial charge in [-0.05, 0) is 92.6 Å². The Morgan fingerprint density at radius 3 is 1.28 bits per heavy atom. The molecule has 0 spiro atoms. The number of amides is 13. The second-order valence-electron chi connectivity index (χ2n) is 28.8. The van der Waals surface area contributed by atoms with Crippen LogP contribution in [0, 0.1) is 23.7 Å². The minimum atomic E-state index is -1.89. The third-order valence-corrected chi connectivity index (χ3v) is 18.1. The van der Waals surface area contributed by atoms with Crippen molar-refractivity contribution in [1.29, 1.82) is 0 Å². The van der Waals surface area contributed by atoms with E-state index in [1.807, 2.05) is 0 Å². The number of aliphatic hydroxyl groups is 4. The van der Waals surface area contributed by atoms with E-state index in [9.17, 15) is 103 Å². The number of rotatable bonds is 53. The average molecular weight is 1580 g/mol. The monoisotopic (exact) mass is 1580 g/mol. The molecule has 0 aliphatic carbocycles. The molecule has 3 rings (SSSR count). The summed E-state index contributed by atoms with van der Waals surface area (Å²) in [6.07, 6.45) is 1.73. The number of hydrogen-bond acceptors (Lipinski definition) is 22. The fourth-order valence-electron chi connectivity index (χ4n) is 11.7. The van der Waals surface area contributed by atoms with Crippen LogP contribution in [0.25, 0.3) is 10.9 Å². The lowest BCUT2D eigenvalue weighted by Crippen LogP contribution is -2.62. The molecule has 13 atom stereocenters. The molecule has 0 aliphatic heterocycles. The molecule has 26 N–H and O–H groups in total. The summed E-state index contributed by atoms with van der Waals surface area (Å²) in [7, 11) is 0. The van der Waals surface area contributed by atoms with Gasteiger partial charge in [0.15, 0.2) is 0 Å². The normalized spacial score (nSPS) is 14.8. The Morgan fingerprint density at radius 1 is 0.393 bits per heavy atom. The number of carboxylic acids is 2. The predicted molar refractivity (Wildman–Crippen MR) is 408 cm³/mol. The van der Waals surface area contributed by atoms with Crippen molar-refractivity contribution >= 4 is 99.6 Å². The Bertz CT molecular complexity index is 3600. The molecule has 0 fully saturated rings. The summed E-state index contributed by atoms with van der Waals surface area (Å²) >= 11 is 0. The van der Waals surface area contributed by atoms with Gasteiger partial charge in [-0.25, -0.2) is 4.79 Å². The number of aromatic nitrogens is 1. The largest absolute Gasteiger partial charge is 0.481 e. The molecule has 3 aromatic rings. The summed E-state index contributed by atoms with van der Waals surface area (Å²) in [6.45, 7) is 9.03. The molecule has 1 unspecified atom stereocenters. The van der Waals surface area contributed by atoms with Crippen LogP contribution < -0.4 is 86.3 Å². The number of carbonyl (C=O) groups excluding carboxylic acids is 13. The zero-order chi connectivity index (χ0) is 83.9. The number of aliphatic hydroxyl groups excluding tert-OH is 4. The predicted octanol–water partition coefficient (Wildman–Crippen LogP) is -4.81. The Balaban J connectivity index is 1.83. The van der Waals surface area contributed by atoms with Crippen LogP contribution in [0.3, 0.4) is 0 Å². The van der Waals surface area contributed by atoms with Gasteiger partial charge in [0, 0.05) is 36.4 Å². The molecule has 624 valence electrons. The van der Waals surface area contributed by atoms with Gasteiger partial charge in [0.25, 0.3) is 0 Å². The van der Waals surface area contributed by atoms with E-state index in [4.69, 9.17) is 17.2 Å². The maximum atomic E-state index is 14.5. The molecular weight excluding hydrogens is 1460 g/mol. The standard InChI is InChI=1S/C74H117N17O21/c1-39(2)17-11-9-14-20-45(95)33-57(96)89-60(40(3)4)71(108)84-49(25-28-75)63(100)79-35-58(97)80-54(36-92)69(106)86-53(32-44-34-78-47-22-16-15-21-46(44)47)68(105)87-55(37-93)70(107)83-50(26-29-76)64(101)82-51(27-30-77)65(102)85-52(31-43-18-12-10-13-19-43)67(104)81-48(23-24-59(98)99)66(103)90-62(42(7)8)73(110)91-61(41(5)6)72(109)88-56(38-94)74(111)112/h10,12-13,15-16,18-19,21-22,34,39-42,45,48-56,60-62,78,92-95H,9,11,14,17,20,23-33,35-38,75-77H2,1-8H3,(H,79,100)(H,80,97)(H,81,104)(H,82,101)(H,83,107)(H,84,108)(H,85,102)(H,86,106)(H,87,105)(H,88,109)(H,89,96)(H,90,103)(H,91,110)(H,98,99)(H,111,112)/t45?,48-,49+,50-,51+,52-,53+,54+,55-,56-,60+,61+,62-/m0/s1. The Kier molecular flexibility index (Phi) is 42.7. The smallest absolute Gasteiger partial charge is 0.328 e. The number of unbranched alkanes of at least 4 members (excludes halogenated alkanes) is 2. The van der Waals surface area contributed by atoms with E-state index in [-0.39, 0.29) is 58.2 Å². The molecule has 0 saturated heterocycles. The highest BCUT2D eigenvalue weighted by Gasteiger charge is 2.38. The first-order valence-corrected chi connectivity index (χ1v) is 37.6. The van der Waals surface area contributed by atoms with Crippen molar-refractivity contribution < 1.29 is 103 Å². The molecule has 1 aromatic heterocycles. The van der Waals surface area contributed by atoms with Crippen LogP contribution in [0.15, 0.2) is 60.8 Å². The molecule has 38 nitrogen and oxygen atoms in total.